The topological polar surface area (TPSA) is 60.7 Å². The Balaban J connectivity index is 1.66. The molecule has 3 heteroatoms. The monoisotopic (exact) mass is 470 g/mol. The van der Waals surface area contributed by atoms with Gasteiger partial charge in [-0.25, -0.2) is 0 Å². The minimum atomic E-state index is -0.462. The number of aliphatic hydroxyl groups excluding tert-OH is 3. The third kappa shape index (κ3) is 2.87. The first-order valence-electron chi connectivity index (χ1n) is 14.1. The van der Waals surface area contributed by atoms with Crippen LogP contribution in [0.2, 0.25) is 0 Å². The van der Waals surface area contributed by atoms with Gasteiger partial charge in [-0.1, -0.05) is 71.8 Å². The highest BCUT2D eigenvalue weighted by molar-refractivity contribution is 5.46. The van der Waals surface area contributed by atoms with Crippen molar-refractivity contribution in [2.45, 2.75) is 106 Å². The van der Waals surface area contributed by atoms with Crippen molar-refractivity contribution in [1.29, 1.82) is 0 Å². The van der Waals surface area contributed by atoms with E-state index >= 15 is 0 Å². The quantitative estimate of drug-likeness (QED) is 0.445. The molecule has 0 heterocycles. The molecule has 0 aromatic carbocycles. The molecular formula is C31H50O3. The van der Waals surface area contributed by atoms with Crippen LogP contribution in [-0.2, 0) is 0 Å². The van der Waals surface area contributed by atoms with Gasteiger partial charge in [-0.15, -0.1) is 0 Å². The molecule has 34 heavy (non-hydrogen) atoms. The largest absolute Gasteiger partial charge is 0.396 e. The fourth-order valence-electron chi connectivity index (χ4n) is 10.3. The second kappa shape index (κ2) is 7.45. The Bertz CT molecular complexity index is 918. The molecule has 0 radical (unpaired) electrons. The molecule has 0 aromatic heterocycles. The summed E-state index contributed by atoms with van der Waals surface area (Å²) in [5.41, 5.74) is 2.88. The Kier molecular flexibility index (Phi) is 5.48. The van der Waals surface area contributed by atoms with E-state index in [1.54, 1.807) is 5.57 Å². The second-order valence-corrected chi connectivity index (χ2v) is 15.0. The summed E-state index contributed by atoms with van der Waals surface area (Å²) < 4.78 is 0. The Labute approximate surface area is 208 Å². The number of allylic oxidation sites excluding steroid dienone is 4. The molecule has 5 aliphatic rings. The second-order valence-electron chi connectivity index (χ2n) is 15.0. The van der Waals surface area contributed by atoms with Crippen molar-refractivity contribution in [3.63, 3.8) is 0 Å². The lowest BCUT2D eigenvalue weighted by Crippen LogP contribution is -2.64. The summed E-state index contributed by atoms with van der Waals surface area (Å²) in [6.45, 7) is 17.2. The molecule has 5 aliphatic carbocycles. The van der Waals surface area contributed by atoms with E-state index in [1.165, 1.54) is 12.0 Å². The molecule has 0 bridgehead atoms. The van der Waals surface area contributed by atoms with Crippen LogP contribution < -0.4 is 0 Å². The predicted octanol–water partition coefficient (Wildman–Crippen LogP) is 6.28. The van der Waals surface area contributed by atoms with Gasteiger partial charge < -0.3 is 15.3 Å². The van der Waals surface area contributed by atoms with Gasteiger partial charge in [-0.05, 0) is 90.8 Å². The summed E-state index contributed by atoms with van der Waals surface area (Å²) in [6, 6.07) is 0. The van der Waals surface area contributed by atoms with Crippen LogP contribution >= 0.6 is 0 Å². The van der Waals surface area contributed by atoms with Crippen LogP contribution in [0.3, 0.4) is 0 Å². The first-order chi connectivity index (χ1) is 15.7. The van der Waals surface area contributed by atoms with Crippen molar-refractivity contribution in [3.05, 3.63) is 23.3 Å². The van der Waals surface area contributed by atoms with E-state index in [1.807, 2.05) is 0 Å². The number of hydrogen-bond acceptors (Lipinski definition) is 3. The van der Waals surface area contributed by atoms with E-state index in [2.05, 4.69) is 60.6 Å². The number of rotatable bonds is 2. The maximum atomic E-state index is 11.7. The van der Waals surface area contributed by atoms with Gasteiger partial charge in [-0.2, -0.15) is 0 Å². The average Bonchev–Trinajstić information content (AvgIpc) is 2.77. The summed E-state index contributed by atoms with van der Waals surface area (Å²) in [6.07, 6.45) is 12.9. The summed E-state index contributed by atoms with van der Waals surface area (Å²) in [5.74, 6) is 1.27. The Morgan fingerprint density at radius 1 is 0.824 bits per heavy atom. The molecule has 4 saturated carbocycles. The molecule has 192 valence electrons. The number of fused-ring (bicyclic) bond motifs is 7. The van der Waals surface area contributed by atoms with Gasteiger partial charge >= 0.3 is 0 Å². The smallest absolute Gasteiger partial charge is 0.0632 e. The third-order valence-electron chi connectivity index (χ3n) is 13.2. The van der Waals surface area contributed by atoms with Crippen LogP contribution in [0.5, 0.6) is 0 Å². The first kappa shape index (κ1) is 25.0. The highest BCUT2D eigenvalue weighted by Crippen LogP contribution is 2.74. The summed E-state index contributed by atoms with van der Waals surface area (Å²) >= 11 is 0. The standard InChI is InChI=1S/C31H50O3/c1-20-10-12-27(4)23(28(20,5)18-32)11-13-29(6)24(27)9-8-21-22-16-26(2,3)14-15-31(22,19-33)25(34)17-30(21,29)7/h8-9,20,22-23,25,32-34H,10-19H2,1-7H3/t20-,22?,23?,25?,27-,28+,29+,30+,31+/m0/s1. The average molecular weight is 471 g/mol. The predicted molar refractivity (Wildman–Crippen MR) is 138 cm³/mol. The normalized spacial score (nSPS) is 54.1. The number of aliphatic hydroxyl groups is 3. The van der Waals surface area contributed by atoms with Crippen LogP contribution in [-0.4, -0.2) is 34.6 Å². The van der Waals surface area contributed by atoms with Gasteiger partial charge in [0, 0.05) is 17.4 Å². The highest BCUT2D eigenvalue weighted by atomic mass is 16.3. The van der Waals surface area contributed by atoms with E-state index in [0.717, 1.165) is 44.9 Å². The Morgan fingerprint density at radius 3 is 2.18 bits per heavy atom. The molecule has 0 saturated heterocycles. The molecule has 0 aliphatic heterocycles. The molecule has 3 N–H and O–H groups in total. The van der Waals surface area contributed by atoms with Gasteiger partial charge in [0.1, 0.15) is 0 Å². The summed E-state index contributed by atoms with van der Waals surface area (Å²) in [5, 5.41) is 33.0. The lowest BCUT2D eigenvalue weighted by Gasteiger charge is -2.69. The minimum Gasteiger partial charge on any atom is -0.396 e. The molecule has 3 nitrogen and oxygen atoms in total. The summed E-state index contributed by atoms with van der Waals surface area (Å²) in [7, 11) is 0. The molecule has 3 unspecified atom stereocenters. The van der Waals surface area contributed by atoms with Crippen molar-refractivity contribution in [1.82, 2.24) is 0 Å². The zero-order chi connectivity index (χ0) is 24.9. The van der Waals surface area contributed by atoms with Crippen LogP contribution in [0.25, 0.3) is 0 Å². The van der Waals surface area contributed by atoms with Crippen LogP contribution in [0.1, 0.15) is 99.8 Å². The molecule has 0 aromatic rings. The van der Waals surface area contributed by atoms with Crippen molar-refractivity contribution in [2.75, 3.05) is 13.2 Å². The maximum Gasteiger partial charge on any atom is 0.0632 e. The zero-order valence-corrected chi connectivity index (χ0v) is 22.9. The molecular weight excluding hydrogens is 420 g/mol. The molecule has 0 spiro atoms. The van der Waals surface area contributed by atoms with Crippen molar-refractivity contribution >= 4 is 0 Å². The van der Waals surface area contributed by atoms with Gasteiger partial charge in [0.2, 0.25) is 0 Å². The molecule has 0 amide bonds. The molecule has 4 fully saturated rings. The van der Waals surface area contributed by atoms with Crippen molar-refractivity contribution in [3.8, 4) is 0 Å². The van der Waals surface area contributed by atoms with Crippen LogP contribution in [0.4, 0.5) is 0 Å². The fraction of sp³-hybridized carbons (Fsp3) is 0.871. The van der Waals surface area contributed by atoms with Crippen LogP contribution in [0, 0.1) is 50.2 Å². The van der Waals surface area contributed by atoms with Gasteiger partial charge in [-0.3, -0.25) is 0 Å². The van der Waals surface area contributed by atoms with E-state index in [4.69, 9.17) is 0 Å². The lowest BCUT2D eigenvalue weighted by atomic mass is 9.35. The number of hydrogen-bond donors (Lipinski definition) is 3. The Hall–Kier alpha value is -0.640. The SMILES string of the molecule is C[C@H]1CC[C@]2(C)C3=CC=C4C5CC(C)(C)CC[C@]5(CO)C(O)C[C@@]4(C)[C@]3(C)CCC2[C@]1(C)CO. The van der Waals surface area contributed by atoms with Crippen molar-refractivity contribution < 1.29 is 15.3 Å². The lowest BCUT2D eigenvalue weighted by molar-refractivity contribution is -0.161. The van der Waals surface area contributed by atoms with Gasteiger partial charge in [0.15, 0.2) is 0 Å². The van der Waals surface area contributed by atoms with E-state index in [0.29, 0.717) is 11.8 Å². The maximum absolute atomic E-state index is 11.7. The third-order valence-corrected chi connectivity index (χ3v) is 13.2. The first-order valence-corrected chi connectivity index (χ1v) is 14.1. The van der Waals surface area contributed by atoms with E-state index in [9.17, 15) is 15.3 Å². The van der Waals surface area contributed by atoms with Crippen molar-refractivity contribution in [2.24, 2.45) is 50.2 Å². The van der Waals surface area contributed by atoms with Gasteiger partial charge in [0.05, 0.1) is 12.7 Å². The fourth-order valence-corrected chi connectivity index (χ4v) is 10.3. The van der Waals surface area contributed by atoms with Gasteiger partial charge in [0.25, 0.3) is 0 Å². The van der Waals surface area contributed by atoms with Crippen LogP contribution in [0.15, 0.2) is 23.3 Å². The van der Waals surface area contributed by atoms with E-state index < -0.39 is 6.10 Å². The minimum absolute atomic E-state index is 0.00344. The molecule has 9 atom stereocenters. The Morgan fingerprint density at radius 2 is 1.53 bits per heavy atom. The zero-order valence-electron chi connectivity index (χ0n) is 22.9. The molecule has 5 rings (SSSR count). The highest BCUT2D eigenvalue weighted by Gasteiger charge is 2.68. The van der Waals surface area contributed by atoms with E-state index in [-0.39, 0.29) is 51.6 Å². The summed E-state index contributed by atoms with van der Waals surface area (Å²) in [4.78, 5) is 0.